The Morgan fingerprint density at radius 3 is 2.70 bits per heavy atom. The number of likely N-dealkylation sites (tertiary alicyclic amines) is 1. The summed E-state index contributed by atoms with van der Waals surface area (Å²) in [6.07, 6.45) is 2.46. The number of hydrogen-bond acceptors (Lipinski definition) is 2. The Morgan fingerprint density at radius 1 is 1.60 bits per heavy atom. The largest absolute Gasteiger partial charge is 0.396 e. The van der Waals surface area contributed by atoms with Crippen molar-refractivity contribution in [1.29, 1.82) is 0 Å². The minimum absolute atomic E-state index is 0. The number of piperidine rings is 1. The van der Waals surface area contributed by atoms with Crippen molar-refractivity contribution < 1.29 is 5.11 Å². The summed E-state index contributed by atoms with van der Waals surface area (Å²) >= 11 is 0. The summed E-state index contributed by atoms with van der Waals surface area (Å²) in [5.74, 6) is 0.545. The van der Waals surface area contributed by atoms with Crippen molar-refractivity contribution in [2.45, 2.75) is 12.8 Å². The van der Waals surface area contributed by atoms with E-state index in [2.05, 4.69) is 11.9 Å². The highest BCUT2D eigenvalue weighted by Crippen LogP contribution is 2.13. The molecule has 1 aliphatic heterocycles. The van der Waals surface area contributed by atoms with Crippen LogP contribution in [0.4, 0.5) is 0 Å². The number of hydrogen-bond donors (Lipinski definition) is 1. The molecule has 0 spiro atoms. The molecule has 1 unspecified atom stereocenters. The van der Waals surface area contributed by atoms with Crippen LogP contribution in [-0.4, -0.2) is 36.8 Å². The maximum atomic E-state index is 8.78. The van der Waals surface area contributed by atoms with Gasteiger partial charge in [0.25, 0.3) is 0 Å². The Morgan fingerprint density at radius 2 is 2.30 bits per heavy atom. The lowest BCUT2D eigenvalue weighted by atomic mass is 10.00. The molecule has 0 aromatic carbocycles. The molecule has 2 nitrogen and oxygen atoms in total. The number of aliphatic hydroxyl groups is 1. The van der Waals surface area contributed by atoms with Crippen LogP contribution in [0, 0.1) is 5.92 Å². The van der Waals surface area contributed by atoms with Gasteiger partial charge in [-0.15, -0.1) is 12.4 Å². The summed E-state index contributed by atoms with van der Waals surface area (Å²) in [5, 5.41) is 8.78. The van der Waals surface area contributed by atoms with E-state index >= 15 is 0 Å². The van der Waals surface area contributed by atoms with Gasteiger partial charge in [-0.1, -0.05) is 0 Å². The molecule has 1 rings (SSSR count). The van der Waals surface area contributed by atoms with Gasteiger partial charge in [-0.25, -0.2) is 0 Å². The van der Waals surface area contributed by atoms with Crippen LogP contribution in [0.5, 0.6) is 0 Å². The minimum atomic E-state index is 0. The number of nitrogens with zero attached hydrogens (tertiary/aromatic N) is 1. The van der Waals surface area contributed by atoms with E-state index in [4.69, 9.17) is 5.11 Å². The Bertz CT molecular complexity index is 89.7. The van der Waals surface area contributed by atoms with Crippen LogP contribution in [0.3, 0.4) is 0 Å². The lowest BCUT2D eigenvalue weighted by Gasteiger charge is -2.27. The fourth-order valence-electron chi connectivity index (χ4n) is 1.42. The van der Waals surface area contributed by atoms with Gasteiger partial charge in [-0.05, 0) is 32.4 Å². The van der Waals surface area contributed by atoms with Crippen LogP contribution < -0.4 is 0 Å². The third kappa shape index (κ3) is 2.86. The third-order valence-electron chi connectivity index (χ3n) is 1.98. The topological polar surface area (TPSA) is 23.5 Å². The number of aliphatic hydroxyl groups excluding tert-OH is 1. The monoisotopic (exact) mass is 165 g/mol. The molecule has 1 aliphatic rings. The van der Waals surface area contributed by atoms with Crippen molar-refractivity contribution in [3.05, 3.63) is 0 Å². The molecule has 1 heterocycles. The summed E-state index contributed by atoms with van der Waals surface area (Å²) < 4.78 is 0. The molecule has 1 saturated heterocycles. The van der Waals surface area contributed by atoms with Crippen LogP contribution in [0.15, 0.2) is 0 Å². The second kappa shape index (κ2) is 4.94. The van der Waals surface area contributed by atoms with Crippen molar-refractivity contribution in [1.82, 2.24) is 4.90 Å². The summed E-state index contributed by atoms with van der Waals surface area (Å²) in [6.45, 7) is 2.65. The van der Waals surface area contributed by atoms with Gasteiger partial charge in [0, 0.05) is 13.2 Å². The van der Waals surface area contributed by atoms with Gasteiger partial charge in [0.15, 0.2) is 0 Å². The lowest BCUT2D eigenvalue weighted by molar-refractivity contribution is 0.138. The van der Waals surface area contributed by atoms with E-state index in [0.717, 1.165) is 6.54 Å². The van der Waals surface area contributed by atoms with E-state index in [1.54, 1.807) is 0 Å². The zero-order valence-electron chi connectivity index (χ0n) is 6.42. The highest BCUT2D eigenvalue weighted by molar-refractivity contribution is 5.85. The van der Waals surface area contributed by atoms with Crippen molar-refractivity contribution in [2.75, 3.05) is 26.7 Å². The van der Waals surface area contributed by atoms with Crippen molar-refractivity contribution in [2.24, 2.45) is 5.92 Å². The van der Waals surface area contributed by atoms with Crippen LogP contribution in [0.2, 0.25) is 0 Å². The average Bonchev–Trinajstić information content (AvgIpc) is 1.88. The molecule has 62 valence electrons. The first-order chi connectivity index (χ1) is 4.33. The van der Waals surface area contributed by atoms with Crippen molar-refractivity contribution in [3.8, 4) is 0 Å². The fourth-order valence-corrected chi connectivity index (χ4v) is 1.42. The predicted molar refractivity (Wildman–Crippen MR) is 44.6 cm³/mol. The zero-order chi connectivity index (χ0) is 6.69. The van der Waals surface area contributed by atoms with Gasteiger partial charge in [0.05, 0.1) is 0 Å². The van der Waals surface area contributed by atoms with Gasteiger partial charge in [0.1, 0.15) is 0 Å². The van der Waals surface area contributed by atoms with E-state index < -0.39 is 0 Å². The third-order valence-corrected chi connectivity index (χ3v) is 1.98. The molecule has 0 bridgehead atoms. The Labute approximate surface area is 68.6 Å². The first-order valence-electron chi connectivity index (χ1n) is 3.62. The summed E-state index contributed by atoms with van der Waals surface area (Å²) in [7, 11) is 2.11. The van der Waals surface area contributed by atoms with Crippen molar-refractivity contribution in [3.63, 3.8) is 0 Å². The Kier molecular flexibility index (Phi) is 5.04. The van der Waals surface area contributed by atoms with E-state index in [1.165, 1.54) is 19.4 Å². The predicted octanol–water partition coefficient (Wildman–Crippen LogP) is 0.742. The second-order valence-corrected chi connectivity index (χ2v) is 2.95. The first kappa shape index (κ1) is 10.2. The molecule has 0 aromatic heterocycles. The maximum absolute atomic E-state index is 8.78. The van der Waals surface area contributed by atoms with Crippen LogP contribution in [0.1, 0.15) is 12.8 Å². The molecule has 0 amide bonds. The molecule has 1 fully saturated rings. The molecule has 1 N–H and O–H groups in total. The summed E-state index contributed by atoms with van der Waals surface area (Å²) in [5.41, 5.74) is 0. The normalized spacial score (nSPS) is 27.6. The Balaban J connectivity index is 0.000000810. The van der Waals surface area contributed by atoms with E-state index in [9.17, 15) is 0 Å². The molecule has 3 heteroatoms. The first-order valence-corrected chi connectivity index (χ1v) is 3.62. The molecular formula is C7H16ClNO. The van der Waals surface area contributed by atoms with E-state index in [-0.39, 0.29) is 12.4 Å². The Hall–Kier alpha value is 0.210. The van der Waals surface area contributed by atoms with Crippen LogP contribution in [0.25, 0.3) is 0 Å². The molecular weight excluding hydrogens is 150 g/mol. The van der Waals surface area contributed by atoms with Gasteiger partial charge in [0.2, 0.25) is 0 Å². The number of rotatable bonds is 1. The SMILES string of the molecule is CN1CCCC(CO)C1.Cl. The van der Waals surface area contributed by atoms with Gasteiger partial charge in [-0.2, -0.15) is 0 Å². The molecule has 0 aromatic rings. The lowest BCUT2D eigenvalue weighted by Crippen LogP contribution is -2.33. The molecule has 1 atom stereocenters. The highest BCUT2D eigenvalue weighted by atomic mass is 35.5. The molecule has 0 aliphatic carbocycles. The van der Waals surface area contributed by atoms with E-state index in [0.29, 0.717) is 12.5 Å². The quantitative estimate of drug-likeness (QED) is 0.620. The molecule has 0 radical (unpaired) electrons. The van der Waals surface area contributed by atoms with Gasteiger partial charge in [-0.3, -0.25) is 0 Å². The van der Waals surface area contributed by atoms with Gasteiger partial charge >= 0.3 is 0 Å². The summed E-state index contributed by atoms with van der Waals surface area (Å²) in [6, 6.07) is 0. The molecule has 10 heavy (non-hydrogen) atoms. The summed E-state index contributed by atoms with van der Waals surface area (Å²) in [4.78, 5) is 2.28. The average molecular weight is 166 g/mol. The minimum Gasteiger partial charge on any atom is -0.396 e. The molecule has 0 saturated carbocycles. The fraction of sp³-hybridized carbons (Fsp3) is 1.00. The number of halogens is 1. The van der Waals surface area contributed by atoms with Crippen LogP contribution in [-0.2, 0) is 0 Å². The highest BCUT2D eigenvalue weighted by Gasteiger charge is 2.15. The van der Waals surface area contributed by atoms with Crippen LogP contribution >= 0.6 is 12.4 Å². The smallest absolute Gasteiger partial charge is 0.0471 e. The standard InChI is InChI=1S/C7H15NO.ClH/c1-8-4-2-3-7(5-8)6-9;/h7,9H,2-6H2,1H3;1H. The second-order valence-electron chi connectivity index (χ2n) is 2.95. The zero-order valence-corrected chi connectivity index (χ0v) is 7.23. The van der Waals surface area contributed by atoms with E-state index in [1.807, 2.05) is 0 Å². The van der Waals surface area contributed by atoms with Gasteiger partial charge < -0.3 is 10.0 Å². The van der Waals surface area contributed by atoms with Crippen molar-refractivity contribution >= 4 is 12.4 Å². The maximum Gasteiger partial charge on any atom is 0.0471 e.